The number of benzene rings is 1. The average Bonchev–Trinajstić information content (AvgIpc) is 3.06. The van der Waals surface area contributed by atoms with Crippen molar-refractivity contribution >= 4 is 34.6 Å². The lowest BCUT2D eigenvalue weighted by atomic mass is 10.1. The summed E-state index contributed by atoms with van der Waals surface area (Å²) < 4.78 is 44.2. The van der Waals surface area contributed by atoms with Gasteiger partial charge in [0.05, 0.1) is 22.6 Å². The number of ether oxygens (including phenoxy) is 1. The number of carbonyl (C=O) groups is 2. The van der Waals surface area contributed by atoms with Crippen LogP contribution in [-0.2, 0) is 26.9 Å². The summed E-state index contributed by atoms with van der Waals surface area (Å²) in [6.45, 7) is 1.21. The molecule has 0 bridgehead atoms. The van der Waals surface area contributed by atoms with Gasteiger partial charge in [0.25, 0.3) is 11.6 Å². The Balaban J connectivity index is 2.09. The van der Waals surface area contributed by atoms with Crippen LogP contribution in [0.25, 0.3) is 0 Å². The van der Waals surface area contributed by atoms with Crippen LogP contribution in [-0.4, -0.2) is 22.9 Å². The summed E-state index contributed by atoms with van der Waals surface area (Å²) in [6, 6.07) is 3.63. The third kappa shape index (κ3) is 5.51. The number of anilines is 1. The van der Waals surface area contributed by atoms with Crippen molar-refractivity contribution in [3.63, 3.8) is 0 Å². The fourth-order valence-electron chi connectivity index (χ4n) is 2.08. The Bertz CT molecular complexity index is 852. The molecule has 1 amide bonds. The summed E-state index contributed by atoms with van der Waals surface area (Å²) in [5, 5.41) is 16.1. The number of carbonyl (C=O) groups excluding carboxylic acids is 2. The van der Waals surface area contributed by atoms with Crippen LogP contribution in [0.2, 0.25) is 0 Å². The van der Waals surface area contributed by atoms with Gasteiger partial charge < -0.3 is 10.1 Å². The Labute approximate surface area is 154 Å². The van der Waals surface area contributed by atoms with E-state index >= 15 is 0 Å². The molecule has 11 heteroatoms. The molecular formula is C16H13F3N2O5S. The van der Waals surface area contributed by atoms with Crippen LogP contribution >= 0.6 is 11.3 Å². The molecule has 1 N–H and O–H groups in total. The number of rotatable bonds is 6. The van der Waals surface area contributed by atoms with E-state index in [9.17, 15) is 32.9 Å². The fraction of sp³-hybridized carbons (Fsp3) is 0.250. The predicted octanol–water partition coefficient (Wildman–Crippen LogP) is 3.79. The third-order valence-electron chi connectivity index (χ3n) is 3.38. The molecule has 144 valence electrons. The predicted molar refractivity (Wildman–Crippen MR) is 90.3 cm³/mol. The molecule has 2 aromatic rings. The topological polar surface area (TPSA) is 98.5 Å². The molecule has 1 heterocycles. The molecule has 7 nitrogen and oxygen atoms in total. The first kappa shape index (κ1) is 20.4. The molecule has 27 heavy (non-hydrogen) atoms. The zero-order valence-electron chi connectivity index (χ0n) is 13.8. The summed E-state index contributed by atoms with van der Waals surface area (Å²) in [6.07, 6.45) is -6.35. The summed E-state index contributed by atoms with van der Waals surface area (Å²) in [7, 11) is 0. The van der Waals surface area contributed by atoms with Crippen molar-refractivity contribution in [1.29, 1.82) is 0 Å². The number of esters is 1. The van der Waals surface area contributed by atoms with Crippen LogP contribution in [0.3, 0.4) is 0 Å². The van der Waals surface area contributed by atoms with E-state index in [1.165, 1.54) is 18.3 Å². The van der Waals surface area contributed by atoms with Gasteiger partial charge in [0.15, 0.2) is 6.10 Å². The smallest absolute Gasteiger partial charge is 0.418 e. The number of non-ortho nitro benzene ring substituents is 1. The lowest BCUT2D eigenvalue weighted by Gasteiger charge is -2.16. The summed E-state index contributed by atoms with van der Waals surface area (Å²) in [4.78, 5) is 33.5. The number of hydrogen-bond acceptors (Lipinski definition) is 6. The zero-order chi connectivity index (χ0) is 20.2. The highest BCUT2D eigenvalue weighted by atomic mass is 32.1. The Morgan fingerprint density at radius 1 is 1.33 bits per heavy atom. The van der Waals surface area contributed by atoms with E-state index in [0.29, 0.717) is 11.6 Å². The van der Waals surface area contributed by atoms with E-state index in [1.807, 2.05) is 5.32 Å². The molecule has 0 fully saturated rings. The van der Waals surface area contributed by atoms with E-state index < -0.39 is 46.0 Å². The molecule has 0 aliphatic carbocycles. The van der Waals surface area contributed by atoms with Crippen molar-refractivity contribution in [3.8, 4) is 0 Å². The molecule has 0 saturated heterocycles. The zero-order valence-corrected chi connectivity index (χ0v) is 14.6. The Hall–Kier alpha value is -2.95. The number of nitrogens with one attached hydrogen (secondary N) is 1. The number of thiophene rings is 1. The van der Waals surface area contributed by atoms with Gasteiger partial charge in [0, 0.05) is 12.1 Å². The summed E-state index contributed by atoms with van der Waals surface area (Å²) in [5.74, 6) is -1.70. The fourth-order valence-corrected chi connectivity index (χ4v) is 2.74. The summed E-state index contributed by atoms with van der Waals surface area (Å²) >= 11 is 1.37. The van der Waals surface area contributed by atoms with Gasteiger partial charge in [0.1, 0.15) is 0 Å². The largest absolute Gasteiger partial charge is 0.452 e. The van der Waals surface area contributed by atoms with Gasteiger partial charge in [-0.25, -0.2) is 0 Å². The second-order valence-electron chi connectivity index (χ2n) is 5.41. The van der Waals surface area contributed by atoms with Gasteiger partial charge in [-0.3, -0.25) is 19.7 Å². The SMILES string of the molecule is C[C@@H](OC(=O)Cc1ccsc1)C(=O)Nc1ccc([N+](=O)[O-])cc1C(F)(F)F. The molecule has 0 unspecified atom stereocenters. The highest BCUT2D eigenvalue weighted by Gasteiger charge is 2.36. The van der Waals surface area contributed by atoms with Gasteiger partial charge >= 0.3 is 12.1 Å². The van der Waals surface area contributed by atoms with E-state index in [-0.39, 0.29) is 6.42 Å². The Morgan fingerprint density at radius 2 is 2.04 bits per heavy atom. The normalized spacial score (nSPS) is 12.3. The molecular weight excluding hydrogens is 389 g/mol. The number of halogens is 3. The van der Waals surface area contributed by atoms with E-state index in [0.717, 1.165) is 12.1 Å². The quantitative estimate of drug-likeness (QED) is 0.450. The molecule has 0 aliphatic heterocycles. The molecule has 0 spiro atoms. The van der Waals surface area contributed by atoms with Crippen molar-refractivity contribution in [2.24, 2.45) is 0 Å². The Morgan fingerprint density at radius 3 is 2.59 bits per heavy atom. The standard InChI is InChI=1S/C16H13F3N2O5S/c1-9(26-14(22)6-10-4-5-27-8-10)15(23)20-13-3-2-11(21(24)25)7-12(13)16(17,18)19/h2-5,7-9H,6H2,1H3,(H,20,23)/t9-/m1/s1. The summed E-state index contributed by atoms with van der Waals surface area (Å²) in [5.41, 5.74) is -2.12. The second kappa shape index (κ2) is 8.16. The first-order chi connectivity index (χ1) is 12.6. The van der Waals surface area contributed by atoms with Gasteiger partial charge in [-0.15, -0.1) is 0 Å². The van der Waals surface area contributed by atoms with Crippen LogP contribution < -0.4 is 5.32 Å². The third-order valence-corrected chi connectivity index (χ3v) is 4.12. The van der Waals surface area contributed by atoms with Gasteiger partial charge in [-0.2, -0.15) is 24.5 Å². The lowest BCUT2D eigenvalue weighted by Crippen LogP contribution is -2.31. The number of amides is 1. The van der Waals surface area contributed by atoms with Crippen LogP contribution in [0.15, 0.2) is 35.0 Å². The van der Waals surface area contributed by atoms with Crippen molar-refractivity contribution in [3.05, 3.63) is 56.3 Å². The van der Waals surface area contributed by atoms with E-state index in [4.69, 9.17) is 4.74 Å². The van der Waals surface area contributed by atoms with Gasteiger partial charge in [-0.05, 0) is 35.4 Å². The number of nitrogens with zero attached hydrogens (tertiary/aromatic N) is 1. The minimum Gasteiger partial charge on any atom is -0.452 e. The van der Waals surface area contributed by atoms with E-state index in [2.05, 4.69) is 0 Å². The van der Waals surface area contributed by atoms with Crippen molar-refractivity contribution < 1.29 is 32.4 Å². The maximum absolute atomic E-state index is 13.1. The first-order valence-corrected chi connectivity index (χ1v) is 8.39. The van der Waals surface area contributed by atoms with Crippen LogP contribution in [0.5, 0.6) is 0 Å². The molecule has 1 aromatic heterocycles. The van der Waals surface area contributed by atoms with E-state index in [1.54, 1.807) is 16.8 Å². The van der Waals surface area contributed by atoms with Gasteiger partial charge in [0.2, 0.25) is 0 Å². The van der Waals surface area contributed by atoms with Crippen molar-refractivity contribution in [2.45, 2.75) is 25.6 Å². The number of alkyl halides is 3. The monoisotopic (exact) mass is 402 g/mol. The first-order valence-electron chi connectivity index (χ1n) is 7.45. The van der Waals surface area contributed by atoms with Crippen molar-refractivity contribution in [2.75, 3.05) is 5.32 Å². The second-order valence-corrected chi connectivity index (χ2v) is 6.19. The maximum Gasteiger partial charge on any atom is 0.418 e. The molecule has 1 atom stereocenters. The average molecular weight is 402 g/mol. The highest BCUT2D eigenvalue weighted by molar-refractivity contribution is 7.08. The van der Waals surface area contributed by atoms with Crippen LogP contribution in [0.1, 0.15) is 18.1 Å². The van der Waals surface area contributed by atoms with Gasteiger partial charge in [-0.1, -0.05) is 0 Å². The minimum absolute atomic E-state index is 0.0769. The number of hydrogen-bond donors (Lipinski definition) is 1. The molecule has 0 saturated carbocycles. The van der Waals surface area contributed by atoms with Crippen molar-refractivity contribution in [1.82, 2.24) is 0 Å². The van der Waals surface area contributed by atoms with Crippen LogP contribution in [0.4, 0.5) is 24.5 Å². The van der Waals surface area contributed by atoms with Crippen LogP contribution in [0, 0.1) is 10.1 Å². The molecule has 2 rings (SSSR count). The molecule has 0 aliphatic rings. The maximum atomic E-state index is 13.1. The number of nitro benzene ring substituents is 1. The highest BCUT2D eigenvalue weighted by Crippen LogP contribution is 2.37. The minimum atomic E-state index is -4.92. The molecule has 1 aromatic carbocycles. The molecule has 0 radical (unpaired) electrons. The Kier molecular flexibility index (Phi) is 6.16. The number of nitro groups is 1. The lowest BCUT2D eigenvalue weighted by molar-refractivity contribution is -0.385.